The molecule has 0 amide bonds. The molecule has 0 aliphatic rings. The Morgan fingerprint density at radius 1 is 1.33 bits per heavy atom. The second kappa shape index (κ2) is 5.43. The first-order valence-electron chi connectivity index (χ1n) is 4.03. The fourth-order valence-corrected chi connectivity index (χ4v) is 2.58. The van der Waals surface area contributed by atoms with Crippen LogP contribution in [0.15, 0.2) is 25.6 Å². The molecular formula is C9H8Br3NO2. The topological polar surface area (TPSA) is 63.3 Å². The normalized spacial score (nSPS) is 12.5. The van der Waals surface area contributed by atoms with Crippen molar-refractivity contribution in [3.8, 4) is 0 Å². The monoisotopic (exact) mass is 399 g/mol. The molecule has 0 fully saturated rings. The van der Waals surface area contributed by atoms with E-state index in [-0.39, 0.29) is 0 Å². The van der Waals surface area contributed by atoms with E-state index < -0.39 is 12.0 Å². The van der Waals surface area contributed by atoms with Crippen molar-refractivity contribution in [2.75, 3.05) is 0 Å². The second-order valence-electron chi connectivity index (χ2n) is 3.02. The standard InChI is InChI=1S/C9H8Br3NO2/c10-5-1-4(2-6(11)8(5)12)3-7(13)9(14)15/h1-2,7H,3,13H2,(H,14,15)/t7-/m0/s1. The number of nitrogens with two attached hydrogens (primary N) is 1. The van der Waals surface area contributed by atoms with Crippen LogP contribution in [-0.4, -0.2) is 17.1 Å². The van der Waals surface area contributed by atoms with Crippen LogP contribution < -0.4 is 5.73 Å². The van der Waals surface area contributed by atoms with E-state index in [2.05, 4.69) is 47.8 Å². The molecular weight excluding hydrogens is 394 g/mol. The van der Waals surface area contributed by atoms with Gasteiger partial charge in [-0.25, -0.2) is 0 Å². The second-order valence-corrected chi connectivity index (χ2v) is 5.52. The Kier molecular flexibility index (Phi) is 4.76. The summed E-state index contributed by atoms with van der Waals surface area (Å²) in [7, 11) is 0. The molecule has 1 atom stereocenters. The smallest absolute Gasteiger partial charge is 0.320 e. The molecule has 0 saturated heterocycles. The quantitative estimate of drug-likeness (QED) is 0.765. The van der Waals surface area contributed by atoms with E-state index >= 15 is 0 Å². The van der Waals surface area contributed by atoms with Gasteiger partial charge in [0.15, 0.2) is 0 Å². The molecule has 0 unspecified atom stereocenters. The van der Waals surface area contributed by atoms with E-state index in [1.807, 2.05) is 12.1 Å². The lowest BCUT2D eigenvalue weighted by Crippen LogP contribution is -2.32. The van der Waals surface area contributed by atoms with Gasteiger partial charge in [-0.05, 0) is 71.9 Å². The zero-order valence-electron chi connectivity index (χ0n) is 7.51. The zero-order chi connectivity index (χ0) is 11.6. The average molecular weight is 402 g/mol. The van der Waals surface area contributed by atoms with Crippen LogP contribution in [0.5, 0.6) is 0 Å². The highest BCUT2D eigenvalue weighted by Crippen LogP contribution is 2.32. The highest BCUT2D eigenvalue weighted by molar-refractivity contribution is 9.14. The predicted molar refractivity (Wildman–Crippen MR) is 68.9 cm³/mol. The molecule has 0 radical (unpaired) electrons. The van der Waals surface area contributed by atoms with Gasteiger partial charge in [0.1, 0.15) is 6.04 Å². The van der Waals surface area contributed by atoms with E-state index in [0.717, 1.165) is 19.0 Å². The van der Waals surface area contributed by atoms with E-state index in [1.165, 1.54) is 0 Å². The third-order valence-electron chi connectivity index (χ3n) is 1.82. The Morgan fingerprint density at radius 3 is 2.20 bits per heavy atom. The molecule has 82 valence electrons. The minimum atomic E-state index is -0.995. The van der Waals surface area contributed by atoms with E-state index in [0.29, 0.717) is 6.42 Å². The van der Waals surface area contributed by atoms with Gasteiger partial charge in [0, 0.05) is 13.4 Å². The third-order valence-corrected chi connectivity index (χ3v) is 4.99. The summed E-state index contributed by atoms with van der Waals surface area (Å²) < 4.78 is 2.63. The number of benzene rings is 1. The Hall–Kier alpha value is 0.0900. The van der Waals surface area contributed by atoms with Crippen molar-refractivity contribution in [1.82, 2.24) is 0 Å². The number of rotatable bonds is 3. The molecule has 1 aromatic carbocycles. The molecule has 1 rings (SSSR count). The molecule has 15 heavy (non-hydrogen) atoms. The van der Waals surface area contributed by atoms with E-state index in [1.54, 1.807) is 0 Å². The number of aliphatic carboxylic acids is 1. The van der Waals surface area contributed by atoms with Crippen molar-refractivity contribution in [2.24, 2.45) is 5.73 Å². The van der Waals surface area contributed by atoms with Crippen LogP contribution in [0.25, 0.3) is 0 Å². The van der Waals surface area contributed by atoms with Crippen molar-refractivity contribution >= 4 is 53.8 Å². The van der Waals surface area contributed by atoms with E-state index in [4.69, 9.17) is 10.8 Å². The molecule has 0 bridgehead atoms. The number of hydrogen-bond donors (Lipinski definition) is 2. The summed E-state index contributed by atoms with van der Waals surface area (Å²) >= 11 is 10.1. The van der Waals surface area contributed by atoms with Gasteiger partial charge in [-0.15, -0.1) is 0 Å². The molecule has 6 heteroatoms. The van der Waals surface area contributed by atoms with Crippen LogP contribution in [0.4, 0.5) is 0 Å². The SMILES string of the molecule is N[C@@H](Cc1cc(Br)c(Br)c(Br)c1)C(=O)O. The van der Waals surface area contributed by atoms with Gasteiger partial charge in [-0.2, -0.15) is 0 Å². The lowest BCUT2D eigenvalue weighted by atomic mass is 10.1. The van der Waals surface area contributed by atoms with Gasteiger partial charge in [0.05, 0.1) is 0 Å². The van der Waals surface area contributed by atoms with Crippen molar-refractivity contribution in [3.63, 3.8) is 0 Å². The van der Waals surface area contributed by atoms with Gasteiger partial charge in [0.25, 0.3) is 0 Å². The molecule has 3 N–H and O–H groups in total. The molecule has 0 aliphatic heterocycles. The minimum Gasteiger partial charge on any atom is -0.480 e. The lowest BCUT2D eigenvalue weighted by Gasteiger charge is -2.08. The number of hydrogen-bond acceptors (Lipinski definition) is 2. The van der Waals surface area contributed by atoms with Crippen LogP contribution in [0.1, 0.15) is 5.56 Å². The number of carboxylic acids is 1. The van der Waals surface area contributed by atoms with Crippen LogP contribution in [0.2, 0.25) is 0 Å². The van der Waals surface area contributed by atoms with Crippen LogP contribution in [0, 0.1) is 0 Å². The average Bonchev–Trinajstić information content (AvgIpc) is 2.13. The first kappa shape index (κ1) is 13.2. The fraction of sp³-hybridized carbons (Fsp3) is 0.222. The summed E-state index contributed by atoms with van der Waals surface area (Å²) in [6.45, 7) is 0. The van der Waals surface area contributed by atoms with Crippen LogP contribution in [-0.2, 0) is 11.2 Å². The zero-order valence-corrected chi connectivity index (χ0v) is 12.3. The summed E-state index contributed by atoms with van der Waals surface area (Å²) in [4.78, 5) is 10.6. The summed E-state index contributed by atoms with van der Waals surface area (Å²) in [5, 5.41) is 8.68. The maximum Gasteiger partial charge on any atom is 0.320 e. The minimum absolute atomic E-state index is 0.305. The van der Waals surface area contributed by atoms with Gasteiger partial charge in [0.2, 0.25) is 0 Å². The third kappa shape index (κ3) is 3.55. The summed E-state index contributed by atoms with van der Waals surface area (Å²) in [5.74, 6) is -0.995. The largest absolute Gasteiger partial charge is 0.480 e. The maximum absolute atomic E-state index is 10.6. The molecule has 0 aromatic heterocycles. The highest BCUT2D eigenvalue weighted by atomic mass is 79.9. The van der Waals surface area contributed by atoms with E-state index in [9.17, 15) is 4.79 Å². The first-order chi connectivity index (χ1) is 6.91. The van der Waals surface area contributed by atoms with Gasteiger partial charge in [-0.1, -0.05) is 0 Å². The Bertz CT molecular complexity index is 372. The molecule has 0 aliphatic carbocycles. The van der Waals surface area contributed by atoms with Gasteiger partial charge >= 0.3 is 5.97 Å². The number of carbonyl (C=O) groups is 1. The fourth-order valence-electron chi connectivity index (χ4n) is 1.07. The summed E-state index contributed by atoms with van der Waals surface area (Å²) in [5.41, 5.74) is 6.31. The molecule has 0 saturated carbocycles. The number of carboxylic acid groups (broad SMARTS) is 1. The van der Waals surface area contributed by atoms with Crippen molar-refractivity contribution in [3.05, 3.63) is 31.1 Å². The predicted octanol–water partition coefficient (Wildman–Crippen LogP) is 2.93. The lowest BCUT2D eigenvalue weighted by molar-refractivity contribution is -0.138. The number of halogens is 3. The summed E-state index contributed by atoms with van der Waals surface area (Å²) in [6.07, 6.45) is 0.305. The van der Waals surface area contributed by atoms with Crippen molar-refractivity contribution < 1.29 is 9.90 Å². The van der Waals surface area contributed by atoms with Gasteiger partial charge < -0.3 is 10.8 Å². The highest BCUT2D eigenvalue weighted by Gasteiger charge is 2.13. The van der Waals surface area contributed by atoms with Crippen molar-refractivity contribution in [2.45, 2.75) is 12.5 Å². The van der Waals surface area contributed by atoms with Crippen LogP contribution >= 0.6 is 47.8 Å². The van der Waals surface area contributed by atoms with Crippen molar-refractivity contribution in [1.29, 1.82) is 0 Å². The molecule has 1 aromatic rings. The van der Waals surface area contributed by atoms with Gasteiger partial charge in [-0.3, -0.25) is 4.79 Å². The Morgan fingerprint density at radius 2 is 1.80 bits per heavy atom. The summed E-state index contributed by atoms with van der Waals surface area (Å²) in [6, 6.07) is 2.82. The van der Waals surface area contributed by atoms with Crippen LogP contribution in [0.3, 0.4) is 0 Å². The Balaban J connectivity index is 2.92. The Labute approximate surface area is 112 Å². The maximum atomic E-state index is 10.6. The molecule has 0 heterocycles. The molecule has 0 spiro atoms. The first-order valence-corrected chi connectivity index (χ1v) is 6.41. The molecule has 3 nitrogen and oxygen atoms in total.